The number of rotatable bonds is 1. The third-order valence-electron chi connectivity index (χ3n) is 3.01. The van der Waals surface area contributed by atoms with Gasteiger partial charge in [0, 0.05) is 6.04 Å². The molecule has 6 heteroatoms. The van der Waals surface area contributed by atoms with Crippen LogP contribution in [-0.2, 0) is 6.18 Å². The number of benzene rings is 1. The van der Waals surface area contributed by atoms with Gasteiger partial charge in [0.05, 0.1) is 5.56 Å². The molecule has 1 aliphatic rings. The smallest absolute Gasteiger partial charge is 0.310 e. The Hall–Kier alpha value is -0.810. The first-order valence-corrected chi connectivity index (χ1v) is 5.58. The van der Waals surface area contributed by atoms with Crippen LogP contribution in [0.2, 0.25) is 0 Å². The van der Waals surface area contributed by atoms with Crippen molar-refractivity contribution in [1.82, 2.24) is 5.32 Å². The van der Waals surface area contributed by atoms with Crippen molar-refractivity contribution in [3.63, 3.8) is 0 Å². The van der Waals surface area contributed by atoms with Gasteiger partial charge in [0.2, 0.25) is 0 Å². The first-order chi connectivity index (χ1) is 7.98. The molecular weight excluding hydrogens is 270 g/mol. The van der Waals surface area contributed by atoms with Gasteiger partial charge in [-0.25, -0.2) is 4.39 Å². The molecule has 2 rings (SSSR count). The van der Waals surface area contributed by atoms with Crippen molar-refractivity contribution in [3.8, 4) is 0 Å². The number of hydrogen-bond donors (Lipinski definition) is 1. The molecule has 1 nitrogen and oxygen atoms in total. The molecule has 102 valence electrons. The topological polar surface area (TPSA) is 12.0 Å². The Morgan fingerprint density at radius 2 is 1.89 bits per heavy atom. The Morgan fingerprint density at radius 1 is 1.17 bits per heavy atom. The highest BCUT2D eigenvalue weighted by Crippen LogP contribution is 2.33. The molecule has 0 amide bonds. The zero-order valence-corrected chi connectivity index (χ0v) is 10.4. The largest absolute Gasteiger partial charge is 0.419 e. The number of nitrogens with one attached hydrogen (secondary N) is 1. The molecule has 1 N–H and O–H groups in total. The summed E-state index contributed by atoms with van der Waals surface area (Å²) < 4.78 is 50.5. The zero-order valence-electron chi connectivity index (χ0n) is 9.56. The summed E-state index contributed by atoms with van der Waals surface area (Å²) in [7, 11) is 0. The van der Waals surface area contributed by atoms with E-state index < -0.39 is 17.6 Å². The standard InChI is InChI=1S/C12H13F4N.ClH/c13-10-7-8(11-3-1-2-6-17-11)4-5-9(10)12(14,15)16;/h4-5,7,11,17H,1-3,6H2;1H/t11-;/m1./s1. The lowest BCUT2D eigenvalue weighted by Crippen LogP contribution is -2.27. The summed E-state index contributed by atoms with van der Waals surface area (Å²) in [6, 6.07) is 3.14. The van der Waals surface area contributed by atoms with Crippen LogP contribution in [0.25, 0.3) is 0 Å². The van der Waals surface area contributed by atoms with Gasteiger partial charge in [-0.3, -0.25) is 0 Å². The van der Waals surface area contributed by atoms with E-state index in [0.29, 0.717) is 5.56 Å². The Balaban J connectivity index is 0.00000162. The van der Waals surface area contributed by atoms with Crippen LogP contribution in [0, 0.1) is 5.82 Å². The van der Waals surface area contributed by atoms with Crippen molar-refractivity contribution in [1.29, 1.82) is 0 Å². The van der Waals surface area contributed by atoms with Gasteiger partial charge in [-0.05, 0) is 37.1 Å². The van der Waals surface area contributed by atoms with E-state index in [0.717, 1.165) is 37.9 Å². The first kappa shape index (κ1) is 15.2. The van der Waals surface area contributed by atoms with Crippen molar-refractivity contribution in [2.75, 3.05) is 6.54 Å². The summed E-state index contributed by atoms with van der Waals surface area (Å²) in [5, 5.41) is 3.17. The van der Waals surface area contributed by atoms with Gasteiger partial charge < -0.3 is 5.32 Å². The zero-order chi connectivity index (χ0) is 12.5. The molecule has 1 saturated heterocycles. The van der Waals surface area contributed by atoms with E-state index in [9.17, 15) is 17.6 Å². The maximum absolute atomic E-state index is 13.4. The fraction of sp³-hybridized carbons (Fsp3) is 0.500. The fourth-order valence-corrected chi connectivity index (χ4v) is 2.11. The highest BCUT2D eigenvalue weighted by atomic mass is 35.5. The Kier molecular flexibility index (Phi) is 4.99. The second kappa shape index (κ2) is 5.89. The highest BCUT2D eigenvalue weighted by Gasteiger charge is 2.34. The average molecular weight is 284 g/mol. The molecule has 1 atom stereocenters. The summed E-state index contributed by atoms with van der Waals surface area (Å²) in [6.07, 6.45) is -1.71. The molecule has 0 spiro atoms. The molecule has 0 radical (unpaired) electrons. The maximum atomic E-state index is 13.4. The summed E-state index contributed by atoms with van der Waals surface area (Å²) in [5.41, 5.74) is -0.604. The maximum Gasteiger partial charge on any atom is 0.419 e. The van der Waals surface area contributed by atoms with Crippen molar-refractivity contribution < 1.29 is 17.6 Å². The monoisotopic (exact) mass is 283 g/mol. The van der Waals surface area contributed by atoms with E-state index in [-0.39, 0.29) is 18.4 Å². The molecule has 1 heterocycles. The molecule has 1 aromatic carbocycles. The van der Waals surface area contributed by atoms with Gasteiger partial charge in [0.15, 0.2) is 0 Å². The van der Waals surface area contributed by atoms with E-state index in [4.69, 9.17) is 0 Å². The van der Waals surface area contributed by atoms with E-state index in [1.165, 1.54) is 6.07 Å². The minimum Gasteiger partial charge on any atom is -0.310 e. The quantitative estimate of drug-likeness (QED) is 0.766. The van der Waals surface area contributed by atoms with Crippen molar-refractivity contribution in [3.05, 3.63) is 35.1 Å². The molecule has 18 heavy (non-hydrogen) atoms. The summed E-state index contributed by atoms with van der Waals surface area (Å²) in [5.74, 6) is -1.19. The third-order valence-corrected chi connectivity index (χ3v) is 3.01. The predicted molar refractivity (Wildman–Crippen MR) is 63.2 cm³/mol. The van der Waals surface area contributed by atoms with E-state index >= 15 is 0 Å². The Bertz CT molecular complexity index is 400. The van der Waals surface area contributed by atoms with Crippen LogP contribution in [0.4, 0.5) is 17.6 Å². The van der Waals surface area contributed by atoms with Crippen molar-refractivity contribution >= 4 is 12.4 Å². The minimum atomic E-state index is -4.62. The van der Waals surface area contributed by atoms with Crippen molar-refractivity contribution in [2.45, 2.75) is 31.5 Å². The van der Waals surface area contributed by atoms with Gasteiger partial charge in [-0.2, -0.15) is 13.2 Å². The third kappa shape index (κ3) is 3.36. The number of alkyl halides is 3. The number of piperidine rings is 1. The normalized spacial score (nSPS) is 20.3. The van der Waals surface area contributed by atoms with E-state index in [1.807, 2.05) is 0 Å². The molecule has 0 saturated carbocycles. The molecule has 1 aliphatic heterocycles. The lowest BCUT2D eigenvalue weighted by atomic mass is 9.96. The van der Waals surface area contributed by atoms with Gasteiger partial charge in [0.1, 0.15) is 5.82 Å². The SMILES string of the molecule is Cl.Fc1cc([C@H]2CCCCN2)ccc1C(F)(F)F. The van der Waals surface area contributed by atoms with E-state index in [1.54, 1.807) is 0 Å². The molecule has 1 aromatic rings. The minimum absolute atomic E-state index is 0. The van der Waals surface area contributed by atoms with E-state index in [2.05, 4.69) is 5.32 Å². The second-order valence-electron chi connectivity index (χ2n) is 4.24. The Labute approximate surface area is 109 Å². The van der Waals surface area contributed by atoms with Crippen LogP contribution < -0.4 is 5.32 Å². The molecule has 0 bridgehead atoms. The average Bonchev–Trinajstić information content (AvgIpc) is 2.28. The first-order valence-electron chi connectivity index (χ1n) is 5.58. The summed E-state index contributed by atoms with van der Waals surface area (Å²) >= 11 is 0. The Morgan fingerprint density at radius 3 is 2.39 bits per heavy atom. The van der Waals surface area contributed by atoms with Crippen LogP contribution in [0.15, 0.2) is 18.2 Å². The molecule has 0 aliphatic carbocycles. The van der Waals surface area contributed by atoms with Crippen LogP contribution in [0.1, 0.15) is 36.4 Å². The van der Waals surface area contributed by atoms with Crippen LogP contribution in [0.5, 0.6) is 0 Å². The van der Waals surface area contributed by atoms with Crippen LogP contribution in [-0.4, -0.2) is 6.54 Å². The fourth-order valence-electron chi connectivity index (χ4n) is 2.11. The van der Waals surface area contributed by atoms with Crippen LogP contribution >= 0.6 is 12.4 Å². The lowest BCUT2D eigenvalue weighted by molar-refractivity contribution is -0.140. The number of halogens is 5. The summed E-state index contributed by atoms with van der Waals surface area (Å²) in [4.78, 5) is 0. The van der Waals surface area contributed by atoms with Gasteiger partial charge in [-0.1, -0.05) is 12.5 Å². The van der Waals surface area contributed by atoms with Gasteiger partial charge in [0.25, 0.3) is 0 Å². The van der Waals surface area contributed by atoms with Gasteiger partial charge >= 0.3 is 6.18 Å². The summed E-state index contributed by atoms with van der Waals surface area (Å²) in [6.45, 7) is 0.827. The van der Waals surface area contributed by atoms with Crippen molar-refractivity contribution in [2.24, 2.45) is 0 Å². The molecule has 0 aromatic heterocycles. The number of hydrogen-bond acceptors (Lipinski definition) is 1. The highest BCUT2D eigenvalue weighted by molar-refractivity contribution is 5.85. The van der Waals surface area contributed by atoms with Crippen LogP contribution in [0.3, 0.4) is 0 Å². The molecule has 0 unspecified atom stereocenters. The molecular formula is C12H14ClF4N. The van der Waals surface area contributed by atoms with Gasteiger partial charge in [-0.15, -0.1) is 12.4 Å². The predicted octanol–water partition coefficient (Wildman–Crippen LogP) is 4.08. The lowest BCUT2D eigenvalue weighted by Gasteiger charge is -2.24. The second-order valence-corrected chi connectivity index (χ2v) is 4.24. The molecule has 1 fully saturated rings.